The third-order valence-electron chi connectivity index (χ3n) is 2.71. The van der Waals surface area contributed by atoms with Gasteiger partial charge in [-0.1, -0.05) is 6.92 Å². The highest BCUT2D eigenvalue weighted by atomic mass is 16.5. The van der Waals surface area contributed by atoms with Crippen molar-refractivity contribution in [1.29, 1.82) is 0 Å². The summed E-state index contributed by atoms with van der Waals surface area (Å²) in [5, 5.41) is 8.89. The maximum absolute atomic E-state index is 11.5. The number of nitrogens with zero attached hydrogens (tertiary/aromatic N) is 1. The Morgan fingerprint density at radius 3 is 2.60 bits per heavy atom. The molecule has 0 aromatic rings. The molecule has 1 rings (SSSR count). The number of carboxylic acid groups (broad SMARTS) is 1. The van der Waals surface area contributed by atoms with E-state index < -0.39 is 11.9 Å². The van der Waals surface area contributed by atoms with Crippen molar-refractivity contribution in [3.63, 3.8) is 0 Å². The van der Waals surface area contributed by atoms with Gasteiger partial charge in [-0.3, -0.25) is 9.59 Å². The summed E-state index contributed by atoms with van der Waals surface area (Å²) in [4.78, 5) is 23.9. The summed E-state index contributed by atoms with van der Waals surface area (Å²) in [6.45, 7) is 5.05. The third kappa shape index (κ3) is 2.92. The molecular formula is C10H17NO4. The molecule has 2 atom stereocenters. The quantitative estimate of drug-likeness (QED) is 0.727. The fourth-order valence-electron chi connectivity index (χ4n) is 1.77. The number of carbonyl (C=O) groups excluding carboxylic acids is 1. The normalized spacial score (nSPS) is 25.6. The summed E-state index contributed by atoms with van der Waals surface area (Å²) in [6.07, 6.45) is 0. The predicted molar refractivity (Wildman–Crippen MR) is 53.4 cm³/mol. The Kier molecular flexibility index (Phi) is 4.08. The zero-order chi connectivity index (χ0) is 11.4. The highest BCUT2D eigenvalue weighted by molar-refractivity contribution is 5.79. The lowest BCUT2D eigenvalue weighted by molar-refractivity contribution is -0.142. The van der Waals surface area contributed by atoms with Crippen molar-refractivity contribution in [2.24, 2.45) is 11.8 Å². The lowest BCUT2D eigenvalue weighted by Gasteiger charge is -2.15. The number of likely N-dealkylation sites (tertiary alicyclic amines) is 1. The molecule has 1 N–H and O–H groups in total. The Hall–Kier alpha value is -1.10. The van der Waals surface area contributed by atoms with Crippen LogP contribution in [0.5, 0.6) is 0 Å². The van der Waals surface area contributed by atoms with Gasteiger partial charge >= 0.3 is 5.97 Å². The molecule has 5 nitrogen and oxygen atoms in total. The number of rotatable bonds is 4. The molecule has 0 bridgehead atoms. The van der Waals surface area contributed by atoms with Gasteiger partial charge in [0.15, 0.2) is 0 Å². The van der Waals surface area contributed by atoms with Crippen LogP contribution in [0.1, 0.15) is 13.8 Å². The van der Waals surface area contributed by atoms with Crippen LogP contribution in [0.25, 0.3) is 0 Å². The fourth-order valence-corrected chi connectivity index (χ4v) is 1.77. The smallest absolute Gasteiger partial charge is 0.308 e. The van der Waals surface area contributed by atoms with Gasteiger partial charge in [0, 0.05) is 19.7 Å². The summed E-state index contributed by atoms with van der Waals surface area (Å²) < 4.78 is 5.00. The molecule has 1 aliphatic heterocycles. The Morgan fingerprint density at radius 2 is 2.13 bits per heavy atom. The van der Waals surface area contributed by atoms with Crippen molar-refractivity contribution >= 4 is 11.9 Å². The SMILES string of the molecule is CCOCC(=O)N1C[C@@H](C)[C@H](C(=O)O)C1. The van der Waals surface area contributed by atoms with Crippen LogP contribution in [0.2, 0.25) is 0 Å². The number of hydrogen-bond donors (Lipinski definition) is 1. The number of carbonyl (C=O) groups is 2. The minimum atomic E-state index is -0.825. The molecule has 86 valence electrons. The second-order valence-electron chi connectivity index (χ2n) is 3.86. The lowest BCUT2D eigenvalue weighted by Crippen LogP contribution is -2.33. The van der Waals surface area contributed by atoms with E-state index in [1.165, 1.54) is 0 Å². The first kappa shape index (κ1) is 12.0. The molecule has 1 saturated heterocycles. The number of amides is 1. The number of hydrogen-bond acceptors (Lipinski definition) is 3. The largest absolute Gasteiger partial charge is 0.481 e. The molecule has 5 heteroatoms. The maximum Gasteiger partial charge on any atom is 0.308 e. The standard InChI is InChI=1S/C10H17NO4/c1-3-15-6-9(12)11-4-7(2)8(5-11)10(13)14/h7-8H,3-6H2,1-2H3,(H,13,14)/t7-,8-/m1/s1. The summed E-state index contributed by atoms with van der Waals surface area (Å²) >= 11 is 0. The molecule has 1 fully saturated rings. The Balaban J connectivity index is 2.47. The highest BCUT2D eigenvalue weighted by Gasteiger charge is 2.36. The van der Waals surface area contributed by atoms with Crippen molar-refractivity contribution < 1.29 is 19.4 Å². The van der Waals surface area contributed by atoms with E-state index in [1.54, 1.807) is 4.90 Å². The summed E-state index contributed by atoms with van der Waals surface area (Å²) in [5.74, 6) is -1.36. The van der Waals surface area contributed by atoms with E-state index in [9.17, 15) is 9.59 Å². The van der Waals surface area contributed by atoms with Crippen LogP contribution >= 0.6 is 0 Å². The van der Waals surface area contributed by atoms with Crippen molar-refractivity contribution in [2.75, 3.05) is 26.3 Å². The molecule has 0 unspecified atom stereocenters. The van der Waals surface area contributed by atoms with Crippen LogP contribution in [0.3, 0.4) is 0 Å². The first-order valence-corrected chi connectivity index (χ1v) is 5.14. The van der Waals surface area contributed by atoms with Gasteiger partial charge in [0.2, 0.25) is 5.91 Å². The topological polar surface area (TPSA) is 66.8 Å². The van der Waals surface area contributed by atoms with Gasteiger partial charge in [-0.2, -0.15) is 0 Å². The molecular weight excluding hydrogens is 198 g/mol. The summed E-state index contributed by atoms with van der Waals surface area (Å²) in [6, 6.07) is 0. The Morgan fingerprint density at radius 1 is 1.47 bits per heavy atom. The van der Waals surface area contributed by atoms with Crippen LogP contribution in [-0.4, -0.2) is 48.2 Å². The van der Waals surface area contributed by atoms with Crippen LogP contribution in [0.4, 0.5) is 0 Å². The predicted octanol–water partition coefficient (Wildman–Crippen LogP) is 0.202. The van der Waals surface area contributed by atoms with Gasteiger partial charge < -0.3 is 14.7 Å². The minimum Gasteiger partial charge on any atom is -0.481 e. The van der Waals surface area contributed by atoms with Gasteiger partial charge in [-0.15, -0.1) is 0 Å². The van der Waals surface area contributed by atoms with Crippen molar-refractivity contribution in [3.8, 4) is 0 Å². The van der Waals surface area contributed by atoms with Crippen LogP contribution in [-0.2, 0) is 14.3 Å². The molecule has 0 radical (unpaired) electrons. The number of aliphatic carboxylic acids is 1. The fraction of sp³-hybridized carbons (Fsp3) is 0.800. The maximum atomic E-state index is 11.5. The molecule has 15 heavy (non-hydrogen) atoms. The molecule has 1 heterocycles. The van der Waals surface area contributed by atoms with Crippen molar-refractivity contribution in [3.05, 3.63) is 0 Å². The second kappa shape index (κ2) is 5.11. The van der Waals surface area contributed by atoms with E-state index in [0.717, 1.165) is 0 Å². The van der Waals surface area contributed by atoms with E-state index in [2.05, 4.69) is 0 Å². The van der Waals surface area contributed by atoms with Crippen LogP contribution in [0, 0.1) is 11.8 Å². The number of carboxylic acids is 1. The van der Waals surface area contributed by atoms with E-state index in [1.807, 2.05) is 13.8 Å². The zero-order valence-electron chi connectivity index (χ0n) is 9.10. The van der Waals surface area contributed by atoms with E-state index in [0.29, 0.717) is 19.7 Å². The molecule has 0 aromatic carbocycles. The second-order valence-corrected chi connectivity index (χ2v) is 3.86. The summed E-state index contributed by atoms with van der Waals surface area (Å²) in [5.41, 5.74) is 0. The van der Waals surface area contributed by atoms with Crippen LogP contribution < -0.4 is 0 Å². The van der Waals surface area contributed by atoms with Gasteiger partial charge in [-0.05, 0) is 12.8 Å². The minimum absolute atomic E-state index is 0.0214. The van der Waals surface area contributed by atoms with E-state index in [-0.39, 0.29) is 18.4 Å². The van der Waals surface area contributed by atoms with Gasteiger partial charge in [0.1, 0.15) is 6.61 Å². The number of ether oxygens (including phenoxy) is 1. The Labute approximate surface area is 89.0 Å². The Bertz CT molecular complexity index is 254. The van der Waals surface area contributed by atoms with Gasteiger partial charge in [-0.25, -0.2) is 0 Å². The average Bonchev–Trinajstić information content (AvgIpc) is 2.56. The van der Waals surface area contributed by atoms with E-state index in [4.69, 9.17) is 9.84 Å². The van der Waals surface area contributed by atoms with E-state index >= 15 is 0 Å². The monoisotopic (exact) mass is 215 g/mol. The molecule has 0 spiro atoms. The van der Waals surface area contributed by atoms with Gasteiger partial charge in [0.05, 0.1) is 5.92 Å². The van der Waals surface area contributed by atoms with Gasteiger partial charge in [0.25, 0.3) is 0 Å². The molecule has 1 aliphatic rings. The molecule has 1 amide bonds. The zero-order valence-corrected chi connectivity index (χ0v) is 9.10. The van der Waals surface area contributed by atoms with Crippen molar-refractivity contribution in [2.45, 2.75) is 13.8 Å². The summed E-state index contributed by atoms with van der Waals surface area (Å²) in [7, 11) is 0. The first-order valence-electron chi connectivity index (χ1n) is 5.14. The average molecular weight is 215 g/mol. The highest BCUT2D eigenvalue weighted by Crippen LogP contribution is 2.22. The molecule has 0 aliphatic carbocycles. The lowest BCUT2D eigenvalue weighted by atomic mass is 9.99. The van der Waals surface area contributed by atoms with Crippen LogP contribution in [0.15, 0.2) is 0 Å². The van der Waals surface area contributed by atoms with Crippen molar-refractivity contribution in [1.82, 2.24) is 4.90 Å². The third-order valence-corrected chi connectivity index (χ3v) is 2.71. The molecule has 0 saturated carbocycles. The molecule has 0 aromatic heterocycles. The first-order chi connectivity index (χ1) is 7.06.